The van der Waals surface area contributed by atoms with E-state index in [4.69, 9.17) is 5.73 Å². The lowest BCUT2D eigenvalue weighted by atomic mass is 9.94. The van der Waals surface area contributed by atoms with Crippen LogP contribution < -0.4 is 5.73 Å². The summed E-state index contributed by atoms with van der Waals surface area (Å²) < 4.78 is 0. The van der Waals surface area contributed by atoms with Gasteiger partial charge in [0.05, 0.1) is 0 Å². The third-order valence-electron chi connectivity index (χ3n) is 5.15. The van der Waals surface area contributed by atoms with Gasteiger partial charge in [-0.25, -0.2) is 0 Å². The van der Waals surface area contributed by atoms with Gasteiger partial charge in [0.25, 0.3) is 0 Å². The number of fused-ring (bicyclic) bond motifs is 5. The summed E-state index contributed by atoms with van der Waals surface area (Å²) in [7, 11) is 0. The Labute approximate surface area is 138 Å². The molecule has 0 saturated carbocycles. The number of aryl methyl sites for hydroxylation is 1. The number of hydrogen-bond donors (Lipinski definition) is 1. The SMILES string of the molecule is CCCCCc1ccc2ccc3c(c2c1N)Cc1ccccc1-3. The quantitative estimate of drug-likeness (QED) is 0.378. The van der Waals surface area contributed by atoms with E-state index in [0.717, 1.165) is 18.5 Å². The summed E-state index contributed by atoms with van der Waals surface area (Å²) in [5.41, 5.74) is 14.5. The molecule has 0 aromatic heterocycles. The first-order valence-corrected chi connectivity index (χ1v) is 8.71. The fraction of sp³-hybridized carbons (Fsp3) is 0.273. The van der Waals surface area contributed by atoms with Crippen LogP contribution in [0, 0.1) is 0 Å². The van der Waals surface area contributed by atoms with Crippen molar-refractivity contribution in [3.63, 3.8) is 0 Å². The number of hydrogen-bond acceptors (Lipinski definition) is 1. The summed E-state index contributed by atoms with van der Waals surface area (Å²) in [5, 5.41) is 2.56. The van der Waals surface area contributed by atoms with Crippen molar-refractivity contribution in [2.45, 2.75) is 39.0 Å². The first-order chi connectivity index (χ1) is 11.3. The van der Waals surface area contributed by atoms with Crippen LogP contribution in [0.1, 0.15) is 42.9 Å². The Hall–Kier alpha value is -2.28. The highest BCUT2D eigenvalue weighted by Crippen LogP contribution is 2.42. The van der Waals surface area contributed by atoms with E-state index < -0.39 is 0 Å². The molecule has 116 valence electrons. The first kappa shape index (κ1) is 14.3. The number of rotatable bonds is 4. The minimum Gasteiger partial charge on any atom is -0.398 e. The molecule has 3 aromatic carbocycles. The second-order valence-corrected chi connectivity index (χ2v) is 6.62. The van der Waals surface area contributed by atoms with Gasteiger partial charge < -0.3 is 5.73 Å². The summed E-state index contributed by atoms with van der Waals surface area (Å²) in [6.45, 7) is 2.24. The van der Waals surface area contributed by atoms with E-state index in [0.29, 0.717) is 0 Å². The molecule has 0 aliphatic heterocycles. The second kappa shape index (κ2) is 5.73. The van der Waals surface area contributed by atoms with Crippen LogP contribution in [0.2, 0.25) is 0 Å². The molecule has 1 nitrogen and oxygen atoms in total. The van der Waals surface area contributed by atoms with Gasteiger partial charge in [-0.3, -0.25) is 0 Å². The van der Waals surface area contributed by atoms with Gasteiger partial charge in [0.1, 0.15) is 0 Å². The Morgan fingerprint density at radius 1 is 0.913 bits per heavy atom. The Balaban J connectivity index is 1.85. The second-order valence-electron chi connectivity index (χ2n) is 6.62. The van der Waals surface area contributed by atoms with E-state index in [1.54, 1.807) is 0 Å². The molecule has 4 rings (SSSR count). The van der Waals surface area contributed by atoms with Gasteiger partial charge in [-0.15, -0.1) is 0 Å². The van der Waals surface area contributed by atoms with Crippen LogP contribution in [0.4, 0.5) is 5.69 Å². The molecular formula is C22H23N. The molecule has 1 heteroatoms. The maximum absolute atomic E-state index is 6.61. The predicted molar refractivity (Wildman–Crippen MR) is 99.8 cm³/mol. The maximum Gasteiger partial charge on any atom is 0.0429 e. The normalized spacial score (nSPS) is 12.4. The molecule has 0 amide bonds. The lowest BCUT2D eigenvalue weighted by molar-refractivity contribution is 0.718. The molecule has 0 spiro atoms. The standard InChI is InChI=1S/C22H23N/c1-2-3-4-7-16-11-10-15-12-13-19-18-9-6-5-8-17(18)14-20(19)21(15)22(16)23/h5-6,8-13H,2-4,7,14,23H2,1H3. The molecule has 1 aliphatic rings. The van der Waals surface area contributed by atoms with Crippen molar-refractivity contribution < 1.29 is 0 Å². The average Bonchev–Trinajstić information content (AvgIpc) is 2.95. The summed E-state index contributed by atoms with van der Waals surface area (Å²) in [6, 6.07) is 17.7. The molecule has 0 unspecified atom stereocenters. The highest BCUT2D eigenvalue weighted by molar-refractivity contribution is 6.02. The van der Waals surface area contributed by atoms with Crippen molar-refractivity contribution in [1.82, 2.24) is 0 Å². The Morgan fingerprint density at radius 2 is 1.74 bits per heavy atom. The monoisotopic (exact) mass is 301 g/mol. The van der Waals surface area contributed by atoms with E-state index >= 15 is 0 Å². The first-order valence-electron chi connectivity index (χ1n) is 8.71. The molecular weight excluding hydrogens is 278 g/mol. The Bertz CT molecular complexity index is 877. The number of benzene rings is 3. The molecule has 3 aromatic rings. The maximum atomic E-state index is 6.61. The lowest BCUT2D eigenvalue weighted by Crippen LogP contribution is -1.98. The van der Waals surface area contributed by atoms with Gasteiger partial charge in [0.2, 0.25) is 0 Å². The fourth-order valence-corrected chi connectivity index (χ4v) is 3.91. The van der Waals surface area contributed by atoms with Crippen molar-refractivity contribution in [3.05, 3.63) is 65.2 Å². The largest absolute Gasteiger partial charge is 0.398 e. The zero-order chi connectivity index (χ0) is 15.8. The molecule has 2 N–H and O–H groups in total. The fourth-order valence-electron chi connectivity index (χ4n) is 3.91. The molecule has 0 heterocycles. The van der Waals surface area contributed by atoms with Crippen molar-refractivity contribution in [2.75, 3.05) is 5.73 Å². The van der Waals surface area contributed by atoms with Crippen molar-refractivity contribution in [1.29, 1.82) is 0 Å². The van der Waals surface area contributed by atoms with Gasteiger partial charge in [-0.1, -0.05) is 68.3 Å². The van der Waals surface area contributed by atoms with Gasteiger partial charge in [-0.2, -0.15) is 0 Å². The van der Waals surface area contributed by atoms with Crippen molar-refractivity contribution in [3.8, 4) is 11.1 Å². The van der Waals surface area contributed by atoms with Crippen LogP contribution in [0.25, 0.3) is 21.9 Å². The zero-order valence-electron chi connectivity index (χ0n) is 13.7. The Kier molecular flexibility index (Phi) is 3.57. The van der Waals surface area contributed by atoms with E-state index in [1.807, 2.05) is 0 Å². The molecule has 0 atom stereocenters. The number of nitrogen functional groups attached to an aromatic ring is 1. The topological polar surface area (TPSA) is 26.0 Å². The van der Waals surface area contributed by atoms with Crippen molar-refractivity contribution >= 4 is 16.5 Å². The highest BCUT2D eigenvalue weighted by Gasteiger charge is 2.21. The smallest absolute Gasteiger partial charge is 0.0429 e. The molecule has 0 fully saturated rings. The Morgan fingerprint density at radius 3 is 2.61 bits per heavy atom. The molecule has 0 saturated heterocycles. The minimum atomic E-state index is 1.00. The molecule has 0 bridgehead atoms. The van der Waals surface area contributed by atoms with Gasteiger partial charge in [-0.05, 0) is 52.5 Å². The zero-order valence-corrected chi connectivity index (χ0v) is 13.7. The van der Waals surface area contributed by atoms with Crippen LogP contribution >= 0.6 is 0 Å². The summed E-state index contributed by atoms with van der Waals surface area (Å²) in [4.78, 5) is 0. The van der Waals surface area contributed by atoms with Crippen LogP contribution in [0.5, 0.6) is 0 Å². The summed E-state index contributed by atoms with van der Waals surface area (Å²) >= 11 is 0. The van der Waals surface area contributed by atoms with Gasteiger partial charge >= 0.3 is 0 Å². The van der Waals surface area contributed by atoms with Gasteiger partial charge in [0.15, 0.2) is 0 Å². The lowest BCUT2D eigenvalue weighted by Gasteiger charge is -2.13. The highest BCUT2D eigenvalue weighted by atomic mass is 14.6. The van der Waals surface area contributed by atoms with E-state index in [2.05, 4.69) is 55.5 Å². The van der Waals surface area contributed by atoms with Crippen LogP contribution in [-0.4, -0.2) is 0 Å². The molecule has 23 heavy (non-hydrogen) atoms. The molecule has 1 aliphatic carbocycles. The van der Waals surface area contributed by atoms with Gasteiger partial charge in [0, 0.05) is 11.1 Å². The summed E-state index contributed by atoms with van der Waals surface area (Å²) in [5.74, 6) is 0. The number of unbranched alkanes of at least 4 members (excludes halogenated alkanes) is 2. The van der Waals surface area contributed by atoms with E-state index in [-0.39, 0.29) is 0 Å². The minimum absolute atomic E-state index is 1.00. The number of nitrogens with two attached hydrogens (primary N) is 1. The van der Waals surface area contributed by atoms with Crippen LogP contribution in [0.15, 0.2) is 48.5 Å². The number of anilines is 1. The van der Waals surface area contributed by atoms with E-state index in [1.165, 1.54) is 57.9 Å². The van der Waals surface area contributed by atoms with E-state index in [9.17, 15) is 0 Å². The average molecular weight is 301 g/mol. The van der Waals surface area contributed by atoms with Crippen LogP contribution in [0.3, 0.4) is 0 Å². The van der Waals surface area contributed by atoms with Crippen LogP contribution in [-0.2, 0) is 12.8 Å². The third-order valence-corrected chi connectivity index (χ3v) is 5.15. The van der Waals surface area contributed by atoms with Crippen molar-refractivity contribution in [2.24, 2.45) is 0 Å². The predicted octanol–water partition coefficient (Wildman–Crippen LogP) is 5.73. The summed E-state index contributed by atoms with van der Waals surface area (Å²) in [6.07, 6.45) is 5.84. The molecule has 0 radical (unpaired) electrons. The third kappa shape index (κ3) is 2.31.